The van der Waals surface area contributed by atoms with Gasteiger partial charge in [-0.25, -0.2) is 13.2 Å². The third-order valence-corrected chi connectivity index (χ3v) is 6.38. The number of carbonyl (C=O) groups is 1. The minimum atomic E-state index is -3.68. The highest BCUT2D eigenvalue weighted by Crippen LogP contribution is 2.25. The summed E-state index contributed by atoms with van der Waals surface area (Å²) in [6.07, 6.45) is 0. The normalized spacial score (nSPS) is 11.4. The molecular formula is C19H18BrN3O5S. The molecule has 0 spiro atoms. The fourth-order valence-corrected chi connectivity index (χ4v) is 4.36. The van der Waals surface area contributed by atoms with E-state index in [1.165, 1.54) is 18.2 Å². The molecular weight excluding hydrogens is 462 g/mol. The lowest BCUT2D eigenvalue weighted by Gasteiger charge is -2.10. The molecule has 0 unspecified atom stereocenters. The zero-order valence-corrected chi connectivity index (χ0v) is 18.1. The summed E-state index contributed by atoms with van der Waals surface area (Å²) in [7, 11) is -1.97. The Hall–Kier alpha value is -2.72. The molecule has 3 rings (SSSR count). The van der Waals surface area contributed by atoms with Gasteiger partial charge in [0.2, 0.25) is 0 Å². The van der Waals surface area contributed by atoms with Crippen LogP contribution in [-0.4, -0.2) is 40.9 Å². The molecule has 0 radical (unpaired) electrons. The van der Waals surface area contributed by atoms with Crippen LogP contribution in [0.1, 0.15) is 11.4 Å². The average Bonchev–Trinajstić information content (AvgIpc) is 3.01. The van der Waals surface area contributed by atoms with Crippen LogP contribution >= 0.6 is 15.9 Å². The van der Waals surface area contributed by atoms with Gasteiger partial charge in [-0.3, -0.25) is 0 Å². The molecule has 0 aliphatic rings. The first kappa shape index (κ1) is 21.0. The number of hydrogen-bond acceptors (Lipinski definition) is 6. The summed E-state index contributed by atoms with van der Waals surface area (Å²) in [6, 6.07) is 11.8. The lowest BCUT2D eigenvalue weighted by Crippen LogP contribution is -2.12. The maximum atomic E-state index is 12.9. The molecule has 10 heteroatoms. The molecule has 0 saturated carbocycles. The van der Waals surface area contributed by atoms with Crippen molar-refractivity contribution in [3.63, 3.8) is 0 Å². The first-order chi connectivity index (χ1) is 13.7. The molecule has 8 nitrogen and oxygen atoms in total. The van der Waals surface area contributed by atoms with Crippen LogP contribution in [0.2, 0.25) is 0 Å². The van der Waals surface area contributed by atoms with Crippen molar-refractivity contribution < 1.29 is 23.1 Å². The molecule has 0 aliphatic carbocycles. The second-order valence-corrected chi connectivity index (χ2v) is 9.28. The first-order valence-electron chi connectivity index (χ1n) is 8.49. The Balaban J connectivity index is 1.84. The van der Waals surface area contributed by atoms with Crippen LogP contribution in [0.3, 0.4) is 0 Å². The van der Waals surface area contributed by atoms with Crippen molar-refractivity contribution in [2.45, 2.75) is 17.6 Å². The second-order valence-electron chi connectivity index (χ2n) is 6.37. The Kier molecular flexibility index (Phi) is 6.04. The van der Waals surface area contributed by atoms with E-state index in [9.17, 15) is 13.2 Å². The molecule has 0 bridgehead atoms. The van der Waals surface area contributed by atoms with Gasteiger partial charge in [-0.05, 0) is 42.8 Å². The standard InChI is InChI=1S/C19H18BrN3O5S/c1-12-9-15(7-8-16(12)28-10-18(24)25)29(26,27)11-17-21-22-19(23(17)2)13-3-5-14(20)6-4-13/h3-9H,10-11H2,1-2H3,(H,24,25). The lowest BCUT2D eigenvalue weighted by atomic mass is 10.2. The third kappa shape index (κ3) is 4.83. The van der Waals surface area contributed by atoms with E-state index in [0.717, 1.165) is 10.0 Å². The summed E-state index contributed by atoms with van der Waals surface area (Å²) in [4.78, 5) is 10.7. The highest BCUT2D eigenvalue weighted by Gasteiger charge is 2.21. The van der Waals surface area contributed by atoms with E-state index in [4.69, 9.17) is 9.84 Å². The Morgan fingerprint density at radius 2 is 1.86 bits per heavy atom. The van der Waals surface area contributed by atoms with Gasteiger partial charge in [-0.1, -0.05) is 28.1 Å². The van der Waals surface area contributed by atoms with Crippen molar-refractivity contribution in [2.24, 2.45) is 7.05 Å². The number of nitrogens with zero attached hydrogens (tertiary/aromatic N) is 3. The monoisotopic (exact) mass is 479 g/mol. The van der Waals surface area contributed by atoms with Crippen LogP contribution in [0.25, 0.3) is 11.4 Å². The fraction of sp³-hybridized carbons (Fsp3) is 0.211. The number of sulfone groups is 1. The number of hydrogen-bond donors (Lipinski definition) is 1. The Morgan fingerprint density at radius 3 is 2.48 bits per heavy atom. The molecule has 0 amide bonds. The van der Waals surface area contributed by atoms with Crippen LogP contribution in [-0.2, 0) is 27.4 Å². The van der Waals surface area contributed by atoms with Crippen molar-refractivity contribution >= 4 is 31.7 Å². The summed E-state index contributed by atoms with van der Waals surface area (Å²) < 4.78 is 33.4. The second kappa shape index (κ2) is 8.34. The smallest absolute Gasteiger partial charge is 0.341 e. The Bertz CT molecular complexity index is 1160. The van der Waals surface area contributed by atoms with Crippen molar-refractivity contribution in [3.8, 4) is 17.1 Å². The predicted octanol–water partition coefficient (Wildman–Crippen LogP) is 2.99. The van der Waals surface area contributed by atoms with Crippen LogP contribution in [0.15, 0.2) is 51.8 Å². The van der Waals surface area contributed by atoms with E-state index in [2.05, 4.69) is 26.1 Å². The van der Waals surface area contributed by atoms with Gasteiger partial charge in [0.1, 0.15) is 17.3 Å². The van der Waals surface area contributed by atoms with Gasteiger partial charge in [0, 0.05) is 17.1 Å². The molecule has 0 aliphatic heterocycles. The summed E-state index contributed by atoms with van der Waals surface area (Å²) >= 11 is 3.37. The van der Waals surface area contributed by atoms with E-state index in [-0.39, 0.29) is 10.6 Å². The van der Waals surface area contributed by atoms with E-state index >= 15 is 0 Å². The summed E-state index contributed by atoms with van der Waals surface area (Å²) in [5.41, 5.74) is 1.35. The summed E-state index contributed by atoms with van der Waals surface area (Å²) in [6.45, 7) is 1.16. The van der Waals surface area contributed by atoms with Crippen LogP contribution in [0.4, 0.5) is 0 Å². The largest absolute Gasteiger partial charge is 0.482 e. The van der Waals surface area contributed by atoms with Gasteiger partial charge in [0.25, 0.3) is 0 Å². The van der Waals surface area contributed by atoms with Gasteiger partial charge >= 0.3 is 5.97 Å². The number of aliphatic carboxylic acids is 1. The third-order valence-electron chi connectivity index (χ3n) is 4.24. The van der Waals surface area contributed by atoms with Crippen molar-refractivity contribution in [1.29, 1.82) is 0 Å². The van der Waals surface area contributed by atoms with E-state index in [1.807, 2.05) is 24.3 Å². The number of carboxylic acid groups (broad SMARTS) is 1. The Labute approximate surface area is 176 Å². The number of aromatic nitrogens is 3. The van der Waals surface area contributed by atoms with Crippen molar-refractivity contribution in [3.05, 3.63) is 58.3 Å². The van der Waals surface area contributed by atoms with Gasteiger partial charge in [0.05, 0.1) is 4.90 Å². The number of rotatable bonds is 7. The van der Waals surface area contributed by atoms with E-state index in [1.54, 1.807) is 18.5 Å². The zero-order chi connectivity index (χ0) is 21.2. The topological polar surface area (TPSA) is 111 Å². The minimum Gasteiger partial charge on any atom is -0.482 e. The van der Waals surface area contributed by atoms with Gasteiger partial charge in [-0.15, -0.1) is 10.2 Å². The molecule has 29 heavy (non-hydrogen) atoms. The van der Waals surface area contributed by atoms with Crippen LogP contribution in [0.5, 0.6) is 5.75 Å². The van der Waals surface area contributed by atoms with Crippen LogP contribution < -0.4 is 4.74 Å². The van der Waals surface area contributed by atoms with Crippen LogP contribution in [0, 0.1) is 6.92 Å². The lowest BCUT2D eigenvalue weighted by molar-refractivity contribution is -0.139. The highest BCUT2D eigenvalue weighted by atomic mass is 79.9. The van der Waals surface area contributed by atoms with Gasteiger partial charge in [-0.2, -0.15) is 0 Å². The summed E-state index contributed by atoms with van der Waals surface area (Å²) in [5.74, 6) is -0.225. The Morgan fingerprint density at radius 1 is 1.17 bits per heavy atom. The average molecular weight is 480 g/mol. The predicted molar refractivity (Wildman–Crippen MR) is 109 cm³/mol. The minimum absolute atomic E-state index is 0.103. The molecule has 152 valence electrons. The van der Waals surface area contributed by atoms with Gasteiger partial charge < -0.3 is 14.4 Å². The number of benzene rings is 2. The summed E-state index contributed by atoms with van der Waals surface area (Å²) in [5, 5.41) is 16.9. The maximum Gasteiger partial charge on any atom is 0.341 e. The highest BCUT2D eigenvalue weighted by molar-refractivity contribution is 9.10. The SMILES string of the molecule is Cc1cc(S(=O)(=O)Cc2nnc(-c3ccc(Br)cc3)n2C)ccc1OCC(=O)O. The van der Waals surface area contributed by atoms with Crippen molar-refractivity contribution in [2.75, 3.05) is 6.61 Å². The van der Waals surface area contributed by atoms with E-state index in [0.29, 0.717) is 23.0 Å². The quantitative estimate of drug-likeness (QED) is 0.554. The molecule has 1 aromatic heterocycles. The maximum absolute atomic E-state index is 12.9. The van der Waals surface area contributed by atoms with E-state index < -0.39 is 22.4 Å². The molecule has 2 aromatic carbocycles. The molecule has 0 fully saturated rings. The van der Waals surface area contributed by atoms with Gasteiger partial charge in [0.15, 0.2) is 22.3 Å². The zero-order valence-electron chi connectivity index (χ0n) is 15.7. The van der Waals surface area contributed by atoms with Crippen molar-refractivity contribution in [1.82, 2.24) is 14.8 Å². The first-order valence-corrected chi connectivity index (χ1v) is 10.9. The molecule has 3 aromatic rings. The molecule has 1 N–H and O–H groups in total. The number of carboxylic acids is 1. The number of ether oxygens (including phenoxy) is 1. The number of aryl methyl sites for hydroxylation is 1. The number of halogens is 1. The molecule has 0 atom stereocenters. The molecule has 0 saturated heterocycles. The fourth-order valence-electron chi connectivity index (χ4n) is 2.71. The molecule has 1 heterocycles.